The molecule has 122 valence electrons. The Bertz CT molecular complexity index is 660. The SMILES string of the molecule is Cc1ccc(NC(=O)N(Cc2cccs2)C2CCCC2)c(C)c1. The summed E-state index contributed by atoms with van der Waals surface area (Å²) in [6, 6.07) is 10.7. The normalized spacial score (nSPS) is 14.9. The van der Waals surface area contributed by atoms with E-state index in [1.165, 1.54) is 23.3 Å². The molecule has 1 saturated carbocycles. The minimum Gasteiger partial charge on any atom is -0.316 e. The summed E-state index contributed by atoms with van der Waals surface area (Å²) < 4.78 is 0. The number of thiophene rings is 1. The Labute approximate surface area is 142 Å². The molecule has 1 aliphatic carbocycles. The van der Waals surface area contributed by atoms with E-state index in [1.54, 1.807) is 11.3 Å². The van der Waals surface area contributed by atoms with E-state index in [-0.39, 0.29) is 6.03 Å². The number of carbonyl (C=O) groups is 1. The highest BCUT2D eigenvalue weighted by molar-refractivity contribution is 7.09. The van der Waals surface area contributed by atoms with Crippen LogP contribution >= 0.6 is 11.3 Å². The van der Waals surface area contributed by atoms with Crippen LogP contribution in [0.3, 0.4) is 0 Å². The number of carbonyl (C=O) groups excluding carboxylic acids is 1. The van der Waals surface area contributed by atoms with E-state index < -0.39 is 0 Å². The van der Waals surface area contributed by atoms with E-state index in [0.29, 0.717) is 12.6 Å². The van der Waals surface area contributed by atoms with E-state index in [2.05, 4.69) is 35.8 Å². The summed E-state index contributed by atoms with van der Waals surface area (Å²) in [5.74, 6) is 0. The zero-order valence-corrected chi connectivity index (χ0v) is 14.7. The zero-order valence-electron chi connectivity index (χ0n) is 13.8. The second kappa shape index (κ2) is 7.18. The van der Waals surface area contributed by atoms with Crippen LogP contribution in [-0.2, 0) is 6.54 Å². The fourth-order valence-electron chi connectivity index (χ4n) is 3.29. The molecular formula is C19H24N2OS. The van der Waals surface area contributed by atoms with Crippen LogP contribution in [0.1, 0.15) is 41.7 Å². The minimum atomic E-state index is 0.0252. The molecule has 0 spiro atoms. The van der Waals surface area contributed by atoms with Crippen molar-refractivity contribution >= 4 is 23.1 Å². The Kier molecular flexibility index (Phi) is 5.01. The van der Waals surface area contributed by atoms with E-state index in [9.17, 15) is 4.79 Å². The number of hydrogen-bond donors (Lipinski definition) is 1. The van der Waals surface area contributed by atoms with Crippen molar-refractivity contribution in [3.05, 3.63) is 51.7 Å². The minimum absolute atomic E-state index is 0.0252. The number of nitrogens with zero attached hydrogens (tertiary/aromatic N) is 1. The molecule has 4 heteroatoms. The molecule has 0 radical (unpaired) electrons. The van der Waals surface area contributed by atoms with Gasteiger partial charge in [0.15, 0.2) is 0 Å². The molecule has 1 aromatic heterocycles. The smallest absolute Gasteiger partial charge is 0.316 e. The third-order valence-electron chi connectivity index (χ3n) is 4.56. The molecule has 1 aliphatic rings. The van der Waals surface area contributed by atoms with Crippen molar-refractivity contribution in [2.75, 3.05) is 5.32 Å². The first-order valence-electron chi connectivity index (χ1n) is 8.31. The first-order chi connectivity index (χ1) is 11.1. The van der Waals surface area contributed by atoms with Crippen molar-refractivity contribution in [1.29, 1.82) is 0 Å². The first kappa shape index (κ1) is 16.1. The van der Waals surface area contributed by atoms with Gasteiger partial charge in [0.1, 0.15) is 0 Å². The number of urea groups is 1. The number of nitrogens with one attached hydrogen (secondary N) is 1. The van der Waals surface area contributed by atoms with Gasteiger partial charge in [-0.2, -0.15) is 0 Å². The Morgan fingerprint density at radius 3 is 2.70 bits per heavy atom. The van der Waals surface area contributed by atoms with Crippen LogP contribution in [0.25, 0.3) is 0 Å². The van der Waals surface area contributed by atoms with Crippen LogP contribution in [-0.4, -0.2) is 17.0 Å². The highest BCUT2D eigenvalue weighted by Gasteiger charge is 2.27. The largest absolute Gasteiger partial charge is 0.322 e. The third kappa shape index (κ3) is 3.94. The van der Waals surface area contributed by atoms with Gasteiger partial charge in [0, 0.05) is 16.6 Å². The van der Waals surface area contributed by atoms with E-state index in [4.69, 9.17) is 0 Å². The molecule has 3 nitrogen and oxygen atoms in total. The summed E-state index contributed by atoms with van der Waals surface area (Å²) in [5, 5.41) is 5.19. The summed E-state index contributed by atoms with van der Waals surface area (Å²) in [6.07, 6.45) is 4.68. The molecular weight excluding hydrogens is 304 g/mol. The fourth-order valence-corrected chi connectivity index (χ4v) is 4.00. The van der Waals surface area contributed by atoms with E-state index >= 15 is 0 Å². The Hall–Kier alpha value is -1.81. The maximum Gasteiger partial charge on any atom is 0.322 e. The summed E-state index contributed by atoms with van der Waals surface area (Å²) in [4.78, 5) is 16.2. The van der Waals surface area contributed by atoms with Crippen molar-refractivity contribution in [3.8, 4) is 0 Å². The van der Waals surface area contributed by atoms with Crippen LogP contribution in [0, 0.1) is 13.8 Å². The second-order valence-corrected chi connectivity index (χ2v) is 7.43. The summed E-state index contributed by atoms with van der Waals surface area (Å²) in [7, 11) is 0. The molecule has 2 amide bonds. The van der Waals surface area contributed by atoms with Gasteiger partial charge in [-0.05, 0) is 49.8 Å². The molecule has 0 aliphatic heterocycles. The topological polar surface area (TPSA) is 32.3 Å². The summed E-state index contributed by atoms with van der Waals surface area (Å²) >= 11 is 1.72. The third-order valence-corrected chi connectivity index (χ3v) is 5.42. The fraction of sp³-hybridized carbons (Fsp3) is 0.421. The monoisotopic (exact) mass is 328 g/mol. The molecule has 0 atom stereocenters. The molecule has 0 saturated heterocycles. The summed E-state index contributed by atoms with van der Waals surface area (Å²) in [5.41, 5.74) is 3.24. The lowest BCUT2D eigenvalue weighted by Crippen LogP contribution is -2.41. The average Bonchev–Trinajstić information content (AvgIpc) is 3.20. The molecule has 1 heterocycles. The zero-order chi connectivity index (χ0) is 16.2. The number of amides is 2. The lowest BCUT2D eigenvalue weighted by Gasteiger charge is -2.29. The van der Waals surface area contributed by atoms with Gasteiger partial charge < -0.3 is 10.2 Å². The second-order valence-electron chi connectivity index (χ2n) is 6.39. The molecule has 1 fully saturated rings. The van der Waals surface area contributed by atoms with Crippen LogP contribution < -0.4 is 5.32 Å². The maximum absolute atomic E-state index is 12.9. The van der Waals surface area contributed by atoms with E-state index in [0.717, 1.165) is 24.1 Å². The number of aryl methyl sites for hydroxylation is 2. The average molecular weight is 328 g/mol. The van der Waals surface area contributed by atoms with Crippen LogP contribution in [0.5, 0.6) is 0 Å². The van der Waals surface area contributed by atoms with Gasteiger partial charge in [0.25, 0.3) is 0 Å². The van der Waals surface area contributed by atoms with Gasteiger partial charge in [-0.15, -0.1) is 11.3 Å². The van der Waals surface area contributed by atoms with E-state index in [1.807, 2.05) is 24.0 Å². The van der Waals surface area contributed by atoms with Crippen LogP contribution in [0.15, 0.2) is 35.7 Å². The van der Waals surface area contributed by atoms with Gasteiger partial charge in [0.05, 0.1) is 6.54 Å². The Morgan fingerprint density at radius 2 is 2.04 bits per heavy atom. The number of hydrogen-bond acceptors (Lipinski definition) is 2. The number of anilines is 1. The van der Waals surface area contributed by atoms with Crippen molar-refractivity contribution in [3.63, 3.8) is 0 Å². The standard InChI is InChI=1S/C19H24N2OS/c1-14-9-10-18(15(2)12-14)20-19(22)21(16-6-3-4-7-16)13-17-8-5-11-23-17/h5,8-12,16H,3-4,6-7,13H2,1-2H3,(H,20,22). The van der Waals surface area contributed by atoms with Crippen molar-refractivity contribution in [1.82, 2.24) is 4.90 Å². The van der Waals surface area contributed by atoms with Gasteiger partial charge in [-0.25, -0.2) is 4.79 Å². The predicted octanol–water partition coefficient (Wildman–Crippen LogP) is 5.34. The van der Waals surface area contributed by atoms with Crippen LogP contribution in [0.2, 0.25) is 0 Å². The quantitative estimate of drug-likeness (QED) is 0.807. The maximum atomic E-state index is 12.9. The number of rotatable bonds is 4. The Morgan fingerprint density at radius 1 is 1.26 bits per heavy atom. The molecule has 23 heavy (non-hydrogen) atoms. The van der Waals surface area contributed by atoms with Crippen molar-refractivity contribution in [2.45, 2.75) is 52.1 Å². The van der Waals surface area contributed by atoms with Gasteiger partial charge >= 0.3 is 6.03 Å². The van der Waals surface area contributed by atoms with Gasteiger partial charge in [-0.3, -0.25) is 0 Å². The first-order valence-corrected chi connectivity index (χ1v) is 9.19. The lowest BCUT2D eigenvalue weighted by molar-refractivity contribution is 0.185. The van der Waals surface area contributed by atoms with Crippen molar-refractivity contribution in [2.24, 2.45) is 0 Å². The molecule has 1 aromatic carbocycles. The predicted molar refractivity (Wildman–Crippen MR) is 97.1 cm³/mol. The highest BCUT2D eigenvalue weighted by atomic mass is 32.1. The lowest BCUT2D eigenvalue weighted by atomic mass is 10.1. The van der Waals surface area contributed by atoms with Crippen LogP contribution in [0.4, 0.5) is 10.5 Å². The van der Waals surface area contributed by atoms with Gasteiger partial charge in [0.2, 0.25) is 0 Å². The molecule has 1 N–H and O–H groups in total. The molecule has 2 aromatic rings. The van der Waals surface area contributed by atoms with Gasteiger partial charge in [-0.1, -0.05) is 36.6 Å². The highest BCUT2D eigenvalue weighted by Crippen LogP contribution is 2.27. The Balaban J connectivity index is 1.76. The summed E-state index contributed by atoms with van der Waals surface area (Å²) in [6.45, 7) is 4.82. The van der Waals surface area contributed by atoms with Crippen molar-refractivity contribution < 1.29 is 4.79 Å². The molecule has 0 bridgehead atoms. The molecule has 3 rings (SSSR count). The molecule has 0 unspecified atom stereocenters. The number of benzene rings is 1.